The predicted octanol–water partition coefficient (Wildman–Crippen LogP) is 2.33. The van der Waals surface area contributed by atoms with Crippen LogP contribution in [0.15, 0.2) is 48.7 Å². The molecule has 1 aliphatic heterocycles. The predicted molar refractivity (Wildman–Crippen MR) is 76.6 cm³/mol. The van der Waals surface area contributed by atoms with Crippen LogP contribution in [0.3, 0.4) is 0 Å². The Morgan fingerprint density at radius 2 is 2.10 bits per heavy atom. The molecule has 0 amide bonds. The lowest BCUT2D eigenvalue weighted by molar-refractivity contribution is -0.0457. The number of para-hydroxylation sites is 1. The fourth-order valence-corrected chi connectivity index (χ4v) is 2.33. The van der Waals surface area contributed by atoms with Crippen molar-refractivity contribution in [3.8, 4) is 5.75 Å². The van der Waals surface area contributed by atoms with Crippen molar-refractivity contribution in [2.24, 2.45) is 0 Å². The summed E-state index contributed by atoms with van der Waals surface area (Å²) in [4.78, 5) is 4.32. The summed E-state index contributed by atoms with van der Waals surface area (Å²) in [5.41, 5.74) is 0.731. The average molecular weight is 288 g/mol. The van der Waals surface area contributed by atoms with Crippen LogP contribution in [-0.4, -0.2) is 30.8 Å². The lowest BCUT2D eigenvalue weighted by atomic mass is 10.1. The second-order valence-corrected chi connectivity index (χ2v) is 4.84. The Balaban J connectivity index is 1.87. The Bertz CT molecular complexity index is 573. The zero-order chi connectivity index (χ0) is 14.5. The number of pyridine rings is 1. The maximum absolute atomic E-state index is 13.8. The monoisotopic (exact) mass is 288 g/mol. The summed E-state index contributed by atoms with van der Waals surface area (Å²) in [5.74, 6) is -0.176. The Morgan fingerprint density at radius 3 is 2.81 bits per heavy atom. The summed E-state index contributed by atoms with van der Waals surface area (Å²) >= 11 is 0. The summed E-state index contributed by atoms with van der Waals surface area (Å²) < 4.78 is 25.5. The molecule has 1 N–H and O–H groups in total. The van der Waals surface area contributed by atoms with Gasteiger partial charge in [0.2, 0.25) is 0 Å². The van der Waals surface area contributed by atoms with E-state index in [1.807, 2.05) is 18.2 Å². The molecule has 0 saturated carbocycles. The van der Waals surface area contributed by atoms with Crippen LogP contribution in [0.5, 0.6) is 5.75 Å². The van der Waals surface area contributed by atoms with Gasteiger partial charge in [-0.3, -0.25) is 4.98 Å². The van der Waals surface area contributed by atoms with E-state index in [4.69, 9.17) is 9.47 Å². The molecule has 0 bridgehead atoms. The minimum Gasteiger partial charge on any atom is -0.478 e. The minimum absolute atomic E-state index is 0.201. The van der Waals surface area contributed by atoms with E-state index in [2.05, 4.69) is 10.3 Å². The second kappa shape index (κ2) is 6.65. The third-order valence-corrected chi connectivity index (χ3v) is 3.36. The van der Waals surface area contributed by atoms with Gasteiger partial charge < -0.3 is 14.8 Å². The summed E-state index contributed by atoms with van der Waals surface area (Å²) in [6.45, 7) is 2.06. The van der Waals surface area contributed by atoms with Gasteiger partial charge in [0, 0.05) is 19.3 Å². The Hall–Kier alpha value is -1.98. The van der Waals surface area contributed by atoms with Crippen LogP contribution in [0.25, 0.3) is 0 Å². The summed E-state index contributed by atoms with van der Waals surface area (Å²) in [6, 6.07) is 12.0. The van der Waals surface area contributed by atoms with Gasteiger partial charge in [-0.2, -0.15) is 0 Å². The van der Waals surface area contributed by atoms with E-state index in [1.165, 1.54) is 6.07 Å². The third-order valence-electron chi connectivity index (χ3n) is 3.36. The molecular formula is C16H17FN2O2. The minimum atomic E-state index is -0.448. The van der Waals surface area contributed by atoms with Crippen LogP contribution in [0, 0.1) is 5.82 Å². The number of halogens is 1. The largest absolute Gasteiger partial charge is 0.478 e. The molecule has 2 heterocycles. The number of nitrogens with zero attached hydrogens (tertiary/aromatic N) is 1. The molecular weight excluding hydrogens is 271 g/mol. The quantitative estimate of drug-likeness (QED) is 0.937. The number of nitrogens with one attached hydrogen (secondary N) is 1. The number of morpholine rings is 1. The summed E-state index contributed by atoms with van der Waals surface area (Å²) in [6.07, 6.45) is 1.05. The van der Waals surface area contributed by atoms with Gasteiger partial charge >= 0.3 is 0 Å². The van der Waals surface area contributed by atoms with Gasteiger partial charge in [-0.05, 0) is 24.3 Å². The normalized spacial score (nSPS) is 20.0. The Morgan fingerprint density at radius 1 is 1.24 bits per heavy atom. The van der Waals surface area contributed by atoms with Crippen LogP contribution >= 0.6 is 0 Å². The van der Waals surface area contributed by atoms with Gasteiger partial charge in [0.25, 0.3) is 0 Å². The fourth-order valence-electron chi connectivity index (χ4n) is 2.33. The highest BCUT2D eigenvalue weighted by Crippen LogP contribution is 2.27. The third kappa shape index (κ3) is 3.37. The first-order chi connectivity index (χ1) is 10.3. The molecule has 21 heavy (non-hydrogen) atoms. The number of benzene rings is 1. The highest BCUT2D eigenvalue weighted by atomic mass is 19.1. The van der Waals surface area contributed by atoms with Crippen LogP contribution < -0.4 is 10.1 Å². The lowest BCUT2D eigenvalue weighted by Crippen LogP contribution is -2.43. The fraction of sp³-hybridized carbons (Fsp3) is 0.312. The number of aromatic nitrogens is 1. The van der Waals surface area contributed by atoms with Crippen molar-refractivity contribution in [2.45, 2.75) is 12.2 Å². The van der Waals surface area contributed by atoms with Gasteiger partial charge in [-0.25, -0.2) is 4.39 Å². The van der Waals surface area contributed by atoms with Crippen LogP contribution in [-0.2, 0) is 4.74 Å². The molecule has 1 aliphatic rings. The molecule has 4 nitrogen and oxygen atoms in total. The van der Waals surface area contributed by atoms with Crippen molar-refractivity contribution < 1.29 is 13.9 Å². The SMILES string of the molecule is Fc1ccccc1OC(c1ccccn1)[C@@H]1CNCCO1. The molecule has 1 aromatic heterocycles. The molecule has 1 saturated heterocycles. The molecule has 1 fully saturated rings. The highest BCUT2D eigenvalue weighted by molar-refractivity contribution is 5.25. The van der Waals surface area contributed by atoms with Gasteiger partial charge in [-0.15, -0.1) is 0 Å². The van der Waals surface area contributed by atoms with Crippen LogP contribution in [0.4, 0.5) is 4.39 Å². The van der Waals surface area contributed by atoms with E-state index in [0.29, 0.717) is 13.2 Å². The number of hydrogen-bond donors (Lipinski definition) is 1. The van der Waals surface area contributed by atoms with Crippen molar-refractivity contribution in [1.82, 2.24) is 10.3 Å². The lowest BCUT2D eigenvalue weighted by Gasteiger charge is -2.31. The van der Waals surface area contributed by atoms with Crippen LogP contribution in [0.2, 0.25) is 0 Å². The molecule has 2 atom stereocenters. The zero-order valence-electron chi connectivity index (χ0n) is 11.5. The van der Waals surface area contributed by atoms with Crippen molar-refractivity contribution in [3.05, 3.63) is 60.2 Å². The zero-order valence-corrected chi connectivity index (χ0v) is 11.5. The number of hydrogen-bond acceptors (Lipinski definition) is 4. The highest BCUT2D eigenvalue weighted by Gasteiger charge is 2.29. The van der Waals surface area contributed by atoms with Gasteiger partial charge in [0.05, 0.1) is 12.3 Å². The van der Waals surface area contributed by atoms with E-state index >= 15 is 0 Å². The molecule has 3 rings (SSSR count). The van der Waals surface area contributed by atoms with Gasteiger partial charge in [-0.1, -0.05) is 18.2 Å². The average Bonchev–Trinajstić information content (AvgIpc) is 2.56. The van der Waals surface area contributed by atoms with Gasteiger partial charge in [0.15, 0.2) is 17.7 Å². The molecule has 0 spiro atoms. The number of ether oxygens (including phenoxy) is 2. The standard InChI is InChI=1S/C16H17FN2O2/c17-12-5-1-2-7-14(12)21-16(13-6-3-4-8-19-13)15-11-18-9-10-20-15/h1-8,15-16,18H,9-11H2/t15-,16?/m0/s1. The Kier molecular flexibility index (Phi) is 4.43. The molecule has 0 aliphatic carbocycles. The first-order valence-electron chi connectivity index (χ1n) is 6.99. The topological polar surface area (TPSA) is 43.4 Å². The smallest absolute Gasteiger partial charge is 0.168 e. The molecule has 1 aromatic carbocycles. The Labute approximate surface area is 122 Å². The van der Waals surface area contributed by atoms with Crippen molar-refractivity contribution in [3.63, 3.8) is 0 Å². The first-order valence-corrected chi connectivity index (χ1v) is 6.99. The second-order valence-electron chi connectivity index (χ2n) is 4.84. The molecule has 5 heteroatoms. The van der Waals surface area contributed by atoms with E-state index in [0.717, 1.165) is 12.2 Å². The molecule has 110 valence electrons. The van der Waals surface area contributed by atoms with Crippen LogP contribution in [0.1, 0.15) is 11.8 Å². The van der Waals surface area contributed by atoms with Crippen molar-refractivity contribution in [2.75, 3.05) is 19.7 Å². The van der Waals surface area contributed by atoms with Gasteiger partial charge in [0.1, 0.15) is 6.10 Å². The molecule has 2 aromatic rings. The van der Waals surface area contributed by atoms with E-state index in [1.54, 1.807) is 24.4 Å². The molecule has 1 unspecified atom stereocenters. The maximum atomic E-state index is 13.8. The summed E-state index contributed by atoms with van der Waals surface area (Å²) in [7, 11) is 0. The maximum Gasteiger partial charge on any atom is 0.168 e. The first kappa shape index (κ1) is 14.0. The number of rotatable bonds is 4. The van der Waals surface area contributed by atoms with E-state index in [-0.39, 0.29) is 17.7 Å². The van der Waals surface area contributed by atoms with E-state index in [9.17, 15) is 4.39 Å². The van der Waals surface area contributed by atoms with E-state index < -0.39 is 6.10 Å². The summed E-state index contributed by atoms with van der Waals surface area (Å²) in [5, 5.41) is 3.26. The van der Waals surface area contributed by atoms with Crippen molar-refractivity contribution in [1.29, 1.82) is 0 Å². The molecule has 0 radical (unpaired) electrons. The van der Waals surface area contributed by atoms with Crippen molar-refractivity contribution >= 4 is 0 Å².